The fraction of sp³-hybridized carbons (Fsp3) is 0.652. The summed E-state index contributed by atoms with van der Waals surface area (Å²) in [5, 5.41) is 12.1. The van der Waals surface area contributed by atoms with Crippen LogP contribution in [-0.2, 0) is 16.0 Å². The van der Waals surface area contributed by atoms with Gasteiger partial charge < -0.3 is 24.8 Å². The third-order valence-electron chi connectivity index (χ3n) is 4.58. The number of carbonyl (C=O) groups is 2. The monoisotopic (exact) mass is 454 g/mol. The van der Waals surface area contributed by atoms with E-state index in [1.54, 1.807) is 6.92 Å². The van der Waals surface area contributed by atoms with Crippen molar-refractivity contribution in [3.63, 3.8) is 0 Å². The lowest BCUT2D eigenvalue weighted by molar-refractivity contribution is -0.149. The van der Waals surface area contributed by atoms with Crippen LogP contribution >= 0.6 is 11.8 Å². The van der Waals surface area contributed by atoms with Gasteiger partial charge in [0.25, 0.3) is 0 Å². The summed E-state index contributed by atoms with van der Waals surface area (Å²) >= 11 is 1.87. The lowest BCUT2D eigenvalue weighted by atomic mass is 10.1. The normalized spacial score (nSPS) is 11.7. The molecule has 1 aromatic carbocycles. The van der Waals surface area contributed by atoms with Crippen molar-refractivity contribution in [2.24, 2.45) is 0 Å². The maximum atomic E-state index is 12.4. The summed E-state index contributed by atoms with van der Waals surface area (Å²) in [4.78, 5) is 25.4. The third-order valence-corrected chi connectivity index (χ3v) is 5.63. The standard InChI is InChI=1S/C23H38N2O5S/c1-4-7-16-31-17-14-25(23(28)24-12-5-2)13-15-30-20-10-8-19(9-11-20)18-21(22(26)27)29-6-3/h8-11,21H,4-7,12-18H2,1-3H3,(H,24,28)(H,26,27). The first-order chi connectivity index (χ1) is 15.0. The van der Waals surface area contributed by atoms with Crippen molar-refractivity contribution in [2.75, 3.05) is 44.4 Å². The van der Waals surface area contributed by atoms with Gasteiger partial charge in [0.05, 0.1) is 6.54 Å². The summed E-state index contributed by atoms with van der Waals surface area (Å²) in [6.07, 6.45) is 2.75. The fourth-order valence-electron chi connectivity index (χ4n) is 2.81. The van der Waals surface area contributed by atoms with Gasteiger partial charge in [-0.05, 0) is 43.2 Å². The molecule has 1 rings (SSSR count). The van der Waals surface area contributed by atoms with Crippen LogP contribution in [-0.4, -0.2) is 72.5 Å². The van der Waals surface area contributed by atoms with Crippen molar-refractivity contribution in [3.05, 3.63) is 29.8 Å². The van der Waals surface area contributed by atoms with Crippen LogP contribution < -0.4 is 10.1 Å². The number of aliphatic carboxylic acids is 1. The summed E-state index contributed by atoms with van der Waals surface area (Å²) in [7, 11) is 0. The molecule has 176 valence electrons. The lowest BCUT2D eigenvalue weighted by Gasteiger charge is -2.23. The minimum Gasteiger partial charge on any atom is -0.492 e. The number of unbranched alkanes of at least 4 members (excludes halogenated alkanes) is 1. The Morgan fingerprint density at radius 3 is 2.45 bits per heavy atom. The molecule has 7 nitrogen and oxygen atoms in total. The van der Waals surface area contributed by atoms with Crippen LogP contribution in [0, 0.1) is 0 Å². The van der Waals surface area contributed by atoms with Crippen molar-refractivity contribution in [2.45, 2.75) is 52.6 Å². The van der Waals surface area contributed by atoms with Gasteiger partial charge in [0.1, 0.15) is 12.4 Å². The Labute approximate surface area is 190 Å². The minimum atomic E-state index is -0.962. The van der Waals surface area contributed by atoms with Gasteiger partial charge in [-0.25, -0.2) is 9.59 Å². The second-order valence-electron chi connectivity index (χ2n) is 7.16. The van der Waals surface area contributed by atoms with Crippen LogP contribution in [0.25, 0.3) is 0 Å². The van der Waals surface area contributed by atoms with E-state index >= 15 is 0 Å². The van der Waals surface area contributed by atoms with Gasteiger partial charge in [-0.2, -0.15) is 11.8 Å². The maximum absolute atomic E-state index is 12.4. The molecule has 2 amide bonds. The molecular weight excluding hydrogens is 416 g/mol. The quantitative estimate of drug-likeness (QED) is 0.345. The van der Waals surface area contributed by atoms with Gasteiger partial charge in [-0.15, -0.1) is 0 Å². The maximum Gasteiger partial charge on any atom is 0.333 e. The SMILES string of the molecule is CCCCSCCN(CCOc1ccc(CC(OCC)C(=O)O)cc1)C(=O)NCCC. The predicted molar refractivity (Wildman–Crippen MR) is 126 cm³/mol. The summed E-state index contributed by atoms with van der Waals surface area (Å²) < 4.78 is 11.1. The van der Waals surface area contributed by atoms with Crippen molar-refractivity contribution >= 4 is 23.8 Å². The van der Waals surface area contributed by atoms with E-state index < -0.39 is 12.1 Å². The molecule has 0 bridgehead atoms. The van der Waals surface area contributed by atoms with E-state index in [4.69, 9.17) is 9.47 Å². The van der Waals surface area contributed by atoms with Crippen LogP contribution in [0.4, 0.5) is 4.79 Å². The van der Waals surface area contributed by atoms with Crippen molar-refractivity contribution in [3.8, 4) is 5.75 Å². The Morgan fingerprint density at radius 2 is 1.84 bits per heavy atom. The average Bonchev–Trinajstić information content (AvgIpc) is 2.76. The number of benzene rings is 1. The van der Waals surface area contributed by atoms with Crippen molar-refractivity contribution in [1.82, 2.24) is 10.2 Å². The summed E-state index contributed by atoms with van der Waals surface area (Å²) in [6, 6.07) is 7.29. The highest BCUT2D eigenvalue weighted by molar-refractivity contribution is 7.99. The minimum absolute atomic E-state index is 0.0486. The Balaban J connectivity index is 2.51. The van der Waals surface area contributed by atoms with Crippen LogP contribution in [0.1, 0.15) is 45.6 Å². The summed E-state index contributed by atoms with van der Waals surface area (Å²) in [5.41, 5.74) is 0.873. The molecule has 0 heterocycles. The van der Waals surface area contributed by atoms with Crippen molar-refractivity contribution in [1.29, 1.82) is 0 Å². The molecule has 31 heavy (non-hydrogen) atoms. The molecule has 1 unspecified atom stereocenters. The largest absolute Gasteiger partial charge is 0.492 e. The van der Waals surface area contributed by atoms with Gasteiger partial charge >= 0.3 is 12.0 Å². The molecule has 1 atom stereocenters. The number of carboxylic acids is 1. The number of nitrogens with one attached hydrogen (secondary N) is 1. The predicted octanol–water partition coefficient (Wildman–Crippen LogP) is 4.05. The highest BCUT2D eigenvalue weighted by Crippen LogP contribution is 2.15. The van der Waals surface area contributed by atoms with E-state index in [1.807, 2.05) is 47.9 Å². The highest BCUT2D eigenvalue weighted by Gasteiger charge is 2.18. The molecular formula is C23H38N2O5S. The van der Waals surface area contributed by atoms with E-state index in [9.17, 15) is 14.7 Å². The number of thioether (sulfide) groups is 1. The smallest absolute Gasteiger partial charge is 0.333 e. The first kappa shape index (κ1) is 27.1. The number of ether oxygens (including phenoxy) is 2. The van der Waals surface area contributed by atoms with Crippen LogP contribution in [0.2, 0.25) is 0 Å². The second-order valence-corrected chi connectivity index (χ2v) is 8.39. The molecule has 0 fully saturated rings. The second kappa shape index (κ2) is 16.7. The molecule has 0 spiro atoms. The van der Waals surface area contributed by atoms with E-state index in [-0.39, 0.29) is 6.03 Å². The molecule has 0 aliphatic rings. The van der Waals surface area contributed by atoms with Crippen molar-refractivity contribution < 1.29 is 24.2 Å². The molecule has 0 aliphatic carbocycles. The lowest BCUT2D eigenvalue weighted by Crippen LogP contribution is -2.43. The number of amides is 2. The van der Waals surface area contributed by atoms with E-state index in [0.29, 0.717) is 45.0 Å². The zero-order chi connectivity index (χ0) is 22.9. The third kappa shape index (κ3) is 11.9. The number of rotatable bonds is 17. The number of carbonyl (C=O) groups excluding carboxylic acids is 1. The van der Waals surface area contributed by atoms with Crippen LogP contribution in [0.5, 0.6) is 5.75 Å². The Hall–Kier alpha value is -1.93. The number of urea groups is 1. The number of carboxylic acid groups (broad SMARTS) is 1. The number of nitrogens with zero attached hydrogens (tertiary/aromatic N) is 1. The number of hydrogen-bond acceptors (Lipinski definition) is 5. The highest BCUT2D eigenvalue weighted by atomic mass is 32.2. The molecule has 0 saturated carbocycles. The fourth-order valence-corrected chi connectivity index (χ4v) is 3.86. The molecule has 0 saturated heterocycles. The molecule has 0 aromatic heterocycles. The van der Waals surface area contributed by atoms with Gasteiger partial charge in [-0.3, -0.25) is 0 Å². The molecule has 1 aromatic rings. The Morgan fingerprint density at radius 1 is 1.10 bits per heavy atom. The van der Waals surface area contributed by atoms with Gasteiger partial charge in [0.2, 0.25) is 0 Å². The first-order valence-electron chi connectivity index (χ1n) is 11.2. The van der Waals surface area contributed by atoms with E-state index in [1.165, 1.54) is 12.8 Å². The zero-order valence-electron chi connectivity index (χ0n) is 19.1. The zero-order valence-corrected chi connectivity index (χ0v) is 19.9. The van der Waals surface area contributed by atoms with Crippen LogP contribution in [0.15, 0.2) is 24.3 Å². The van der Waals surface area contributed by atoms with Gasteiger partial charge in [-0.1, -0.05) is 32.4 Å². The topological polar surface area (TPSA) is 88.1 Å². The van der Waals surface area contributed by atoms with E-state index in [0.717, 1.165) is 23.5 Å². The molecule has 0 aliphatic heterocycles. The number of hydrogen-bond donors (Lipinski definition) is 2. The molecule has 8 heteroatoms. The summed E-state index contributed by atoms with van der Waals surface area (Å²) in [5.74, 6) is 1.77. The van der Waals surface area contributed by atoms with Crippen LogP contribution in [0.3, 0.4) is 0 Å². The molecule has 2 N–H and O–H groups in total. The Bertz CT molecular complexity index is 627. The van der Waals surface area contributed by atoms with Gasteiger partial charge in [0.15, 0.2) is 6.10 Å². The first-order valence-corrected chi connectivity index (χ1v) is 12.3. The molecule has 0 radical (unpaired) electrons. The van der Waals surface area contributed by atoms with Gasteiger partial charge in [0, 0.05) is 31.9 Å². The van der Waals surface area contributed by atoms with E-state index in [2.05, 4.69) is 12.2 Å². The Kier molecular flexibility index (Phi) is 14.6. The summed E-state index contributed by atoms with van der Waals surface area (Å²) in [6.45, 7) is 8.62. The average molecular weight is 455 g/mol.